The van der Waals surface area contributed by atoms with E-state index in [0.29, 0.717) is 11.5 Å². The highest BCUT2D eigenvalue weighted by molar-refractivity contribution is 6.74. The van der Waals surface area contributed by atoms with E-state index in [0.717, 1.165) is 11.1 Å². The van der Waals surface area contributed by atoms with Crippen LogP contribution in [0.5, 0.6) is 0 Å². The highest BCUT2D eigenvalue weighted by Crippen LogP contribution is 2.22. The standard InChI is InChI=1S/C13H15ClO/c1-9(2)8-12(13(14)15)11-7-5-4-6-10(11)3/h4-9H,1-3H3/b12-8+. The van der Waals surface area contributed by atoms with Gasteiger partial charge in [-0.3, -0.25) is 4.79 Å². The van der Waals surface area contributed by atoms with Gasteiger partial charge in [0.1, 0.15) is 0 Å². The predicted molar refractivity (Wildman–Crippen MR) is 64.9 cm³/mol. The Balaban J connectivity index is 3.23. The average Bonchev–Trinajstić information content (AvgIpc) is 2.15. The molecule has 15 heavy (non-hydrogen) atoms. The van der Waals surface area contributed by atoms with Gasteiger partial charge in [-0.25, -0.2) is 0 Å². The van der Waals surface area contributed by atoms with Crippen LogP contribution in [0.2, 0.25) is 0 Å². The van der Waals surface area contributed by atoms with Crippen LogP contribution in [0.15, 0.2) is 30.3 Å². The van der Waals surface area contributed by atoms with E-state index in [1.165, 1.54) is 0 Å². The minimum Gasteiger partial charge on any atom is -0.276 e. The van der Waals surface area contributed by atoms with Crippen LogP contribution >= 0.6 is 11.6 Å². The van der Waals surface area contributed by atoms with Gasteiger partial charge < -0.3 is 0 Å². The summed E-state index contributed by atoms with van der Waals surface area (Å²) in [5.74, 6) is 0.308. The Labute approximate surface area is 95.8 Å². The van der Waals surface area contributed by atoms with Crippen LogP contribution in [-0.4, -0.2) is 5.24 Å². The monoisotopic (exact) mass is 222 g/mol. The molecule has 80 valence electrons. The van der Waals surface area contributed by atoms with E-state index in [4.69, 9.17) is 11.6 Å². The van der Waals surface area contributed by atoms with Gasteiger partial charge in [0.2, 0.25) is 0 Å². The zero-order valence-corrected chi connectivity index (χ0v) is 10.0. The third-order valence-electron chi connectivity index (χ3n) is 2.15. The van der Waals surface area contributed by atoms with Crippen molar-refractivity contribution in [2.24, 2.45) is 5.92 Å². The summed E-state index contributed by atoms with van der Waals surface area (Å²) in [6, 6.07) is 7.76. The Morgan fingerprint density at radius 1 is 1.33 bits per heavy atom. The van der Waals surface area contributed by atoms with Crippen LogP contribution in [0.3, 0.4) is 0 Å². The maximum absolute atomic E-state index is 11.3. The third-order valence-corrected chi connectivity index (χ3v) is 2.35. The quantitative estimate of drug-likeness (QED) is 0.562. The molecular formula is C13H15ClO. The van der Waals surface area contributed by atoms with E-state index in [2.05, 4.69) is 0 Å². The van der Waals surface area contributed by atoms with Gasteiger partial charge in [0.15, 0.2) is 0 Å². The van der Waals surface area contributed by atoms with Gasteiger partial charge in [-0.2, -0.15) is 0 Å². The number of aryl methyl sites for hydroxylation is 1. The number of allylic oxidation sites excluding steroid dienone is 2. The van der Waals surface area contributed by atoms with Gasteiger partial charge in [0.05, 0.1) is 0 Å². The van der Waals surface area contributed by atoms with Gasteiger partial charge in [0.25, 0.3) is 5.24 Å². The maximum Gasteiger partial charge on any atom is 0.252 e. The fraction of sp³-hybridized carbons (Fsp3) is 0.308. The number of carbonyl (C=O) groups excluding carboxylic acids is 1. The Morgan fingerprint density at radius 2 is 1.93 bits per heavy atom. The molecule has 0 heterocycles. The van der Waals surface area contributed by atoms with E-state index in [9.17, 15) is 4.79 Å². The first-order valence-corrected chi connectivity index (χ1v) is 5.38. The summed E-state index contributed by atoms with van der Waals surface area (Å²) < 4.78 is 0. The fourth-order valence-electron chi connectivity index (χ4n) is 1.47. The first-order chi connectivity index (χ1) is 7.02. The van der Waals surface area contributed by atoms with E-state index in [-0.39, 0.29) is 0 Å². The smallest absolute Gasteiger partial charge is 0.252 e. The van der Waals surface area contributed by atoms with Crippen LogP contribution in [0.4, 0.5) is 0 Å². The molecule has 0 spiro atoms. The van der Waals surface area contributed by atoms with Gasteiger partial charge in [-0.05, 0) is 35.6 Å². The SMILES string of the molecule is Cc1ccccc1/C(=C\C(C)C)C(=O)Cl. The molecule has 0 fully saturated rings. The lowest BCUT2D eigenvalue weighted by Gasteiger charge is -2.07. The molecule has 0 N–H and O–H groups in total. The number of benzene rings is 1. The molecule has 0 bridgehead atoms. The number of hydrogen-bond acceptors (Lipinski definition) is 1. The van der Waals surface area contributed by atoms with E-state index in [1.807, 2.05) is 51.1 Å². The second kappa shape index (κ2) is 5.13. The van der Waals surface area contributed by atoms with Crippen LogP contribution in [0, 0.1) is 12.8 Å². The second-order valence-electron chi connectivity index (χ2n) is 3.91. The lowest BCUT2D eigenvalue weighted by atomic mass is 9.98. The summed E-state index contributed by atoms with van der Waals surface area (Å²) in [4.78, 5) is 11.3. The molecule has 1 nitrogen and oxygen atoms in total. The van der Waals surface area contributed by atoms with Gasteiger partial charge >= 0.3 is 0 Å². The Morgan fingerprint density at radius 3 is 2.40 bits per heavy atom. The first-order valence-electron chi connectivity index (χ1n) is 5.00. The minimum atomic E-state index is -0.391. The van der Waals surface area contributed by atoms with Crippen molar-refractivity contribution in [2.75, 3.05) is 0 Å². The van der Waals surface area contributed by atoms with Crippen LogP contribution in [0.25, 0.3) is 5.57 Å². The molecule has 1 aromatic rings. The van der Waals surface area contributed by atoms with Crippen LogP contribution < -0.4 is 0 Å². The molecule has 0 amide bonds. The van der Waals surface area contributed by atoms with Crippen LogP contribution in [0.1, 0.15) is 25.0 Å². The zero-order chi connectivity index (χ0) is 11.4. The fourth-order valence-corrected chi connectivity index (χ4v) is 1.63. The van der Waals surface area contributed by atoms with Crippen molar-refractivity contribution in [1.82, 2.24) is 0 Å². The number of carbonyl (C=O) groups is 1. The normalized spacial score (nSPS) is 11.9. The minimum absolute atomic E-state index is 0.308. The predicted octanol–water partition coefficient (Wildman–Crippen LogP) is 3.80. The van der Waals surface area contributed by atoms with Crippen molar-refractivity contribution in [3.63, 3.8) is 0 Å². The first kappa shape index (κ1) is 12.0. The maximum atomic E-state index is 11.3. The van der Waals surface area contributed by atoms with Crippen molar-refractivity contribution in [3.05, 3.63) is 41.5 Å². The Kier molecular flexibility index (Phi) is 4.10. The molecule has 0 aliphatic rings. The Hall–Kier alpha value is -1.08. The summed E-state index contributed by atoms with van der Waals surface area (Å²) in [5, 5.41) is -0.391. The lowest BCUT2D eigenvalue weighted by Crippen LogP contribution is -1.98. The number of hydrogen-bond donors (Lipinski definition) is 0. The summed E-state index contributed by atoms with van der Waals surface area (Å²) >= 11 is 5.59. The summed E-state index contributed by atoms with van der Waals surface area (Å²) in [6.07, 6.45) is 1.90. The summed E-state index contributed by atoms with van der Waals surface area (Å²) in [5.41, 5.74) is 2.59. The molecule has 0 unspecified atom stereocenters. The molecule has 0 radical (unpaired) electrons. The van der Waals surface area contributed by atoms with Crippen molar-refractivity contribution >= 4 is 22.4 Å². The van der Waals surface area contributed by atoms with Crippen molar-refractivity contribution in [3.8, 4) is 0 Å². The van der Waals surface area contributed by atoms with E-state index < -0.39 is 5.24 Å². The molecule has 2 heteroatoms. The van der Waals surface area contributed by atoms with Gasteiger partial charge in [0, 0.05) is 5.57 Å². The molecule has 1 aromatic carbocycles. The molecule has 0 aliphatic heterocycles. The third kappa shape index (κ3) is 3.21. The van der Waals surface area contributed by atoms with Crippen molar-refractivity contribution in [1.29, 1.82) is 0 Å². The molecule has 0 aliphatic carbocycles. The average molecular weight is 223 g/mol. The highest BCUT2D eigenvalue weighted by atomic mass is 35.5. The van der Waals surface area contributed by atoms with E-state index >= 15 is 0 Å². The Bertz CT molecular complexity index is 391. The number of rotatable bonds is 3. The highest BCUT2D eigenvalue weighted by Gasteiger charge is 2.11. The summed E-state index contributed by atoms with van der Waals surface area (Å²) in [7, 11) is 0. The second-order valence-corrected chi connectivity index (χ2v) is 4.26. The van der Waals surface area contributed by atoms with Crippen LogP contribution in [-0.2, 0) is 4.79 Å². The van der Waals surface area contributed by atoms with Crippen molar-refractivity contribution < 1.29 is 4.79 Å². The molecular weight excluding hydrogens is 208 g/mol. The molecule has 0 aromatic heterocycles. The largest absolute Gasteiger partial charge is 0.276 e. The molecule has 0 saturated heterocycles. The number of halogens is 1. The van der Waals surface area contributed by atoms with E-state index in [1.54, 1.807) is 0 Å². The molecule has 0 saturated carbocycles. The van der Waals surface area contributed by atoms with Crippen molar-refractivity contribution in [2.45, 2.75) is 20.8 Å². The summed E-state index contributed by atoms with van der Waals surface area (Å²) in [6.45, 7) is 6.03. The molecule has 1 rings (SSSR count). The van der Waals surface area contributed by atoms with Gasteiger partial charge in [-0.1, -0.05) is 44.2 Å². The molecule has 0 atom stereocenters. The van der Waals surface area contributed by atoms with Gasteiger partial charge in [-0.15, -0.1) is 0 Å². The lowest BCUT2D eigenvalue weighted by molar-refractivity contribution is -0.106. The topological polar surface area (TPSA) is 17.1 Å². The zero-order valence-electron chi connectivity index (χ0n) is 9.25.